The molecule has 0 unspecified atom stereocenters. The van der Waals surface area contributed by atoms with E-state index in [2.05, 4.69) is 10.5 Å². The molecule has 4 aromatic carbocycles. The zero-order valence-corrected chi connectivity index (χ0v) is 21.1. The molecule has 0 atom stereocenters. The molecule has 0 radical (unpaired) electrons. The summed E-state index contributed by atoms with van der Waals surface area (Å²) >= 11 is 11.8. The first-order chi connectivity index (χ1) is 17.5. The third-order valence-electron chi connectivity index (χ3n) is 5.35. The molecular weight excluding hydrogens is 495 g/mol. The van der Waals surface area contributed by atoms with E-state index in [0.29, 0.717) is 34.5 Å². The van der Waals surface area contributed by atoms with E-state index < -0.39 is 0 Å². The highest BCUT2D eigenvalue weighted by atomic mass is 35.5. The SMILES string of the molecule is C/C(=N/NC(=O)c1ccc(COc2ccc(Cl)cc2)cc1)c1ccc(OCc2ccc(Cl)cc2)cc1. The molecule has 5 nitrogen and oxygen atoms in total. The molecule has 1 amide bonds. The van der Waals surface area contributed by atoms with Gasteiger partial charge in [0, 0.05) is 15.6 Å². The minimum absolute atomic E-state index is 0.289. The van der Waals surface area contributed by atoms with Crippen molar-refractivity contribution >= 4 is 34.8 Å². The Morgan fingerprint density at radius 3 is 1.61 bits per heavy atom. The number of benzene rings is 4. The molecule has 0 saturated heterocycles. The Morgan fingerprint density at radius 2 is 1.08 bits per heavy atom. The monoisotopic (exact) mass is 518 g/mol. The highest BCUT2D eigenvalue weighted by Gasteiger charge is 2.06. The summed E-state index contributed by atoms with van der Waals surface area (Å²) in [6, 6.07) is 29.4. The lowest BCUT2D eigenvalue weighted by Gasteiger charge is -2.08. The summed E-state index contributed by atoms with van der Waals surface area (Å²) < 4.78 is 11.5. The van der Waals surface area contributed by atoms with Crippen LogP contribution >= 0.6 is 23.2 Å². The molecule has 0 aromatic heterocycles. The van der Waals surface area contributed by atoms with Crippen LogP contribution in [0.4, 0.5) is 0 Å². The van der Waals surface area contributed by atoms with Crippen molar-refractivity contribution in [2.75, 3.05) is 0 Å². The van der Waals surface area contributed by atoms with Crippen LogP contribution < -0.4 is 14.9 Å². The van der Waals surface area contributed by atoms with Crippen molar-refractivity contribution in [1.29, 1.82) is 0 Å². The van der Waals surface area contributed by atoms with Crippen LogP contribution in [-0.4, -0.2) is 11.6 Å². The van der Waals surface area contributed by atoms with Crippen molar-refractivity contribution in [2.45, 2.75) is 20.1 Å². The number of hydrogen-bond donors (Lipinski definition) is 1. The van der Waals surface area contributed by atoms with E-state index >= 15 is 0 Å². The number of nitrogens with zero attached hydrogens (tertiary/aromatic N) is 1. The van der Waals surface area contributed by atoms with Gasteiger partial charge in [0.05, 0.1) is 5.71 Å². The van der Waals surface area contributed by atoms with Gasteiger partial charge in [-0.2, -0.15) is 5.10 Å². The average molecular weight is 519 g/mol. The van der Waals surface area contributed by atoms with Gasteiger partial charge in [-0.25, -0.2) is 5.43 Å². The van der Waals surface area contributed by atoms with Crippen LogP contribution in [0.25, 0.3) is 0 Å². The molecule has 0 fully saturated rings. The first-order valence-corrected chi connectivity index (χ1v) is 12.0. The quantitative estimate of drug-likeness (QED) is 0.186. The van der Waals surface area contributed by atoms with Gasteiger partial charge in [-0.1, -0.05) is 47.5 Å². The van der Waals surface area contributed by atoms with Gasteiger partial charge in [0.15, 0.2) is 0 Å². The Morgan fingerprint density at radius 1 is 0.667 bits per heavy atom. The van der Waals surface area contributed by atoms with Crippen LogP contribution in [0.1, 0.15) is 34.0 Å². The lowest BCUT2D eigenvalue weighted by Crippen LogP contribution is -2.19. The van der Waals surface area contributed by atoms with Crippen LogP contribution in [-0.2, 0) is 13.2 Å². The summed E-state index contributed by atoms with van der Waals surface area (Å²) in [5.41, 5.74) is 6.65. The van der Waals surface area contributed by atoms with Crippen LogP contribution in [0, 0.1) is 0 Å². The number of hydrogen-bond acceptors (Lipinski definition) is 4. The maximum absolute atomic E-state index is 12.5. The first kappa shape index (κ1) is 25.3. The third kappa shape index (κ3) is 7.35. The fraction of sp³-hybridized carbons (Fsp3) is 0.103. The van der Waals surface area contributed by atoms with Crippen molar-refractivity contribution in [3.05, 3.63) is 129 Å². The summed E-state index contributed by atoms with van der Waals surface area (Å²) in [6.45, 7) is 2.67. The molecule has 36 heavy (non-hydrogen) atoms. The number of rotatable bonds is 9. The van der Waals surface area contributed by atoms with Crippen molar-refractivity contribution < 1.29 is 14.3 Å². The number of amides is 1. The Labute approximate surface area is 220 Å². The van der Waals surface area contributed by atoms with Gasteiger partial charge < -0.3 is 9.47 Å². The zero-order valence-electron chi connectivity index (χ0n) is 19.6. The summed E-state index contributed by atoms with van der Waals surface area (Å²) in [4.78, 5) is 12.5. The predicted molar refractivity (Wildman–Crippen MR) is 144 cm³/mol. The van der Waals surface area contributed by atoms with E-state index in [4.69, 9.17) is 32.7 Å². The average Bonchev–Trinajstić information content (AvgIpc) is 2.91. The molecule has 0 bridgehead atoms. The van der Waals surface area contributed by atoms with Crippen LogP contribution in [0.2, 0.25) is 10.0 Å². The van der Waals surface area contributed by atoms with Crippen LogP contribution in [0.3, 0.4) is 0 Å². The summed E-state index contributed by atoms with van der Waals surface area (Å²) in [6.07, 6.45) is 0. The normalized spacial score (nSPS) is 11.1. The van der Waals surface area contributed by atoms with E-state index in [1.807, 2.05) is 79.7 Å². The molecular formula is C29H24Cl2N2O3. The summed E-state index contributed by atoms with van der Waals surface area (Å²) in [7, 11) is 0. The molecule has 1 N–H and O–H groups in total. The molecule has 4 rings (SSSR count). The molecule has 182 valence electrons. The second-order valence-corrected chi connectivity index (χ2v) is 8.89. The highest BCUT2D eigenvalue weighted by molar-refractivity contribution is 6.30. The maximum atomic E-state index is 12.5. The highest BCUT2D eigenvalue weighted by Crippen LogP contribution is 2.18. The molecule has 4 aromatic rings. The molecule has 0 spiro atoms. The van der Waals surface area contributed by atoms with Crippen LogP contribution in [0.15, 0.2) is 102 Å². The fourth-order valence-electron chi connectivity index (χ4n) is 3.25. The van der Waals surface area contributed by atoms with E-state index in [1.165, 1.54) is 0 Å². The number of carbonyl (C=O) groups excluding carboxylic acids is 1. The zero-order chi connectivity index (χ0) is 25.3. The van der Waals surface area contributed by atoms with Crippen molar-refractivity contribution in [3.8, 4) is 11.5 Å². The molecule has 0 heterocycles. The minimum atomic E-state index is -0.289. The number of ether oxygens (including phenoxy) is 2. The minimum Gasteiger partial charge on any atom is -0.489 e. The number of nitrogens with one attached hydrogen (secondary N) is 1. The molecule has 7 heteroatoms. The third-order valence-corrected chi connectivity index (χ3v) is 5.86. The maximum Gasteiger partial charge on any atom is 0.271 e. The topological polar surface area (TPSA) is 59.9 Å². The number of carbonyl (C=O) groups is 1. The Balaban J connectivity index is 1.27. The molecule has 0 aliphatic heterocycles. The summed E-state index contributed by atoms with van der Waals surface area (Å²) in [5.74, 6) is 1.18. The van der Waals surface area contributed by atoms with E-state index in [-0.39, 0.29) is 5.91 Å². The van der Waals surface area contributed by atoms with E-state index in [1.54, 1.807) is 24.3 Å². The van der Waals surface area contributed by atoms with E-state index in [0.717, 1.165) is 28.2 Å². The van der Waals surface area contributed by atoms with E-state index in [9.17, 15) is 4.79 Å². The van der Waals surface area contributed by atoms with Gasteiger partial charge in [0.1, 0.15) is 24.7 Å². The smallest absolute Gasteiger partial charge is 0.271 e. The van der Waals surface area contributed by atoms with Crippen LogP contribution in [0.5, 0.6) is 11.5 Å². The predicted octanol–water partition coefficient (Wildman–Crippen LogP) is 7.31. The standard InChI is InChI=1S/C29H24Cl2N2O3/c1-20(23-8-14-27(15-9-23)35-19-22-4-10-25(30)11-5-22)32-33-29(34)24-6-2-21(3-7-24)18-36-28-16-12-26(31)13-17-28/h2-17H,18-19H2,1H3,(H,33,34)/b32-20-. The second kappa shape index (κ2) is 12.2. The van der Waals surface area contributed by atoms with Gasteiger partial charge in [0.2, 0.25) is 0 Å². The van der Waals surface area contributed by atoms with Gasteiger partial charge in [0.25, 0.3) is 5.91 Å². The number of hydrazone groups is 1. The summed E-state index contributed by atoms with van der Waals surface area (Å²) in [5, 5.41) is 5.59. The van der Waals surface area contributed by atoms with Gasteiger partial charge in [-0.15, -0.1) is 0 Å². The second-order valence-electron chi connectivity index (χ2n) is 8.02. The Bertz CT molecular complexity index is 1320. The van der Waals surface area contributed by atoms with Gasteiger partial charge >= 0.3 is 0 Å². The first-order valence-electron chi connectivity index (χ1n) is 11.3. The van der Waals surface area contributed by atoms with Gasteiger partial charge in [-0.05, 0) is 96.4 Å². The fourth-order valence-corrected chi connectivity index (χ4v) is 3.51. The molecule has 0 aliphatic carbocycles. The van der Waals surface area contributed by atoms with Crippen molar-refractivity contribution in [3.63, 3.8) is 0 Å². The Hall–Kier alpha value is -3.80. The molecule has 0 saturated carbocycles. The van der Waals surface area contributed by atoms with Crippen molar-refractivity contribution in [1.82, 2.24) is 5.43 Å². The molecule has 0 aliphatic rings. The largest absolute Gasteiger partial charge is 0.489 e. The van der Waals surface area contributed by atoms with Crippen molar-refractivity contribution in [2.24, 2.45) is 5.10 Å². The lowest BCUT2D eigenvalue weighted by atomic mass is 10.1. The van der Waals surface area contributed by atoms with Gasteiger partial charge in [-0.3, -0.25) is 4.79 Å². The number of halogens is 2. The lowest BCUT2D eigenvalue weighted by molar-refractivity contribution is 0.0954. The Kier molecular flexibility index (Phi) is 8.61.